The Hall–Kier alpha value is -3.20. The predicted octanol–water partition coefficient (Wildman–Crippen LogP) is 2.81. The molecule has 1 heterocycles. The molecular weight excluding hydrogens is 256 g/mol. The van der Waals surface area contributed by atoms with Crippen molar-refractivity contribution in [2.24, 2.45) is 0 Å². The number of nitrogens with zero attached hydrogens (tertiary/aromatic N) is 4. The third-order valence-corrected chi connectivity index (χ3v) is 2.99. The van der Waals surface area contributed by atoms with Gasteiger partial charge >= 0.3 is 0 Å². The molecule has 0 amide bonds. The molecule has 0 fully saturated rings. The van der Waals surface area contributed by atoms with E-state index in [1.807, 2.05) is 24.3 Å². The second kappa shape index (κ2) is 4.48. The number of nitriles is 1. The highest BCUT2D eigenvalue weighted by molar-refractivity contribution is 5.84. The molecular formula is C14H8N4O2. The summed E-state index contributed by atoms with van der Waals surface area (Å²) in [7, 11) is 0. The van der Waals surface area contributed by atoms with Gasteiger partial charge in [-0.2, -0.15) is 10.4 Å². The molecule has 0 unspecified atom stereocenters. The van der Waals surface area contributed by atoms with Gasteiger partial charge in [0.25, 0.3) is 5.69 Å². The van der Waals surface area contributed by atoms with Gasteiger partial charge in [0.15, 0.2) is 5.69 Å². The second-order valence-electron chi connectivity index (χ2n) is 4.16. The number of aromatic nitrogens is 2. The van der Waals surface area contributed by atoms with Gasteiger partial charge in [-0.1, -0.05) is 12.1 Å². The van der Waals surface area contributed by atoms with Crippen LogP contribution in [0.4, 0.5) is 5.69 Å². The summed E-state index contributed by atoms with van der Waals surface area (Å²) in [6, 6.07) is 15.4. The van der Waals surface area contributed by atoms with Crippen LogP contribution in [0.15, 0.2) is 48.5 Å². The van der Waals surface area contributed by atoms with E-state index in [1.54, 1.807) is 12.1 Å². The highest BCUT2D eigenvalue weighted by Crippen LogP contribution is 2.22. The number of fused-ring (bicyclic) bond motifs is 1. The van der Waals surface area contributed by atoms with Crippen LogP contribution in [0, 0.1) is 21.4 Å². The molecule has 0 radical (unpaired) electrons. The van der Waals surface area contributed by atoms with Gasteiger partial charge in [-0.25, -0.2) is 4.68 Å². The minimum atomic E-state index is -0.464. The van der Waals surface area contributed by atoms with Gasteiger partial charge < -0.3 is 0 Å². The van der Waals surface area contributed by atoms with Gasteiger partial charge in [0.05, 0.1) is 16.1 Å². The largest absolute Gasteiger partial charge is 0.269 e. The fraction of sp³-hybridized carbons (Fsp3) is 0. The molecule has 2 aromatic carbocycles. The Kier molecular flexibility index (Phi) is 2.66. The summed E-state index contributed by atoms with van der Waals surface area (Å²) in [5.74, 6) is 0. The highest BCUT2D eigenvalue weighted by Gasteiger charge is 2.12. The summed E-state index contributed by atoms with van der Waals surface area (Å²) in [5, 5.41) is 25.0. The third-order valence-electron chi connectivity index (χ3n) is 2.99. The smallest absolute Gasteiger partial charge is 0.258 e. The van der Waals surface area contributed by atoms with Gasteiger partial charge in [-0.3, -0.25) is 10.1 Å². The molecule has 1 aromatic heterocycles. The fourth-order valence-corrected chi connectivity index (χ4v) is 2.04. The van der Waals surface area contributed by atoms with Crippen LogP contribution in [-0.4, -0.2) is 14.7 Å². The molecule has 0 N–H and O–H groups in total. The number of nitro benzene ring substituents is 1. The lowest BCUT2D eigenvalue weighted by Crippen LogP contribution is -1.99. The molecule has 0 aliphatic carbocycles. The highest BCUT2D eigenvalue weighted by atomic mass is 16.6. The van der Waals surface area contributed by atoms with Crippen molar-refractivity contribution >= 4 is 16.6 Å². The number of rotatable bonds is 2. The van der Waals surface area contributed by atoms with Crippen molar-refractivity contribution in [1.82, 2.24) is 9.78 Å². The Balaban J connectivity index is 2.19. The normalized spacial score (nSPS) is 10.3. The summed E-state index contributed by atoms with van der Waals surface area (Å²) in [6.07, 6.45) is 0. The Morgan fingerprint density at radius 1 is 1.15 bits per heavy atom. The number of hydrogen-bond acceptors (Lipinski definition) is 4. The zero-order valence-corrected chi connectivity index (χ0v) is 10.2. The topological polar surface area (TPSA) is 84.8 Å². The van der Waals surface area contributed by atoms with Crippen molar-refractivity contribution in [2.45, 2.75) is 0 Å². The fourth-order valence-electron chi connectivity index (χ4n) is 2.04. The zero-order chi connectivity index (χ0) is 14.1. The van der Waals surface area contributed by atoms with Crippen LogP contribution in [0.5, 0.6) is 0 Å². The standard InChI is InChI=1S/C14H8N4O2/c15-9-14-12-3-1-2-4-13(12)16-17(14)10-5-7-11(8-6-10)18(19)20/h1-8H. The molecule has 6 heteroatoms. The first-order valence-corrected chi connectivity index (χ1v) is 5.83. The predicted molar refractivity (Wildman–Crippen MR) is 72.4 cm³/mol. The Bertz CT molecular complexity index is 844. The molecule has 0 spiro atoms. The first-order chi connectivity index (χ1) is 9.70. The van der Waals surface area contributed by atoms with Crippen molar-refractivity contribution in [2.75, 3.05) is 0 Å². The molecule has 0 saturated heterocycles. The van der Waals surface area contributed by atoms with Crippen molar-refractivity contribution < 1.29 is 4.92 Å². The van der Waals surface area contributed by atoms with Crippen LogP contribution < -0.4 is 0 Å². The van der Waals surface area contributed by atoms with Gasteiger partial charge in [-0.15, -0.1) is 0 Å². The van der Waals surface area contributed by atoms with Crippen molar-refractivity contribution in [3.63, 3.8) is 0 Å². The van der Waals surface area contributed by atoms with Crippen molar-refractivity contribution in [3.05, 3.63) is 64.3 Å². The van der Waals surface area contributed by atoms with Gasteiger partial charge in [0.2, 0.25) is 0 Å². The molecule has 0 aliphatic rings. The van der Waals surface area contributed by atoms with Crippen LogP contribution in [0.2, 0.25) is 0 Å². The maximum atomic E-state index is 10.6. The van der Waals surface area contributed by atoms with E-state index in [1.165, 1.54) is 16.8 Å². The quantitative estimate of drug-likeness (QED) is 0.526. The zero-order valence-electron chi connectivity index (χ0n) is 10.2. The molecule has 20 heavy (non-hydrogen) atoms. The lowest BCUT2D eigenvalue weighted by Gasteiger charge is -2.01. The molecule has 3 aromatic rings. The SMILES string of the molecule is N#Cc1c2ccccc2nn1-c1ccc([N+](=O)[O-])cc1. The lowest BCUT2D eigenvalue weighted by atomic mass is 10.2. The van der Waals surface area contributed by atoms with Gasteiger partial charge in [0, 0.05) is 17.5 Å². The molecule has 3 rings (SSSR count). The molecule has 0 bridgehead atoms. The van der Waals surface area contributed by atoms with Crippen LogP contribution in [0.25, 0.3) is 16.6 Å². The summed E-state index contributed by atoms with van der Waals surface area (Å²) in [5.41, 5.74) is 1.74. The van der Waals surface area contributed by atoms with Gasteiger partial charge in [-0.05, 0) is 24.3 Å². The number of benzene rings is 2. The van der Waals surface area contributed by atoms with E-state index in [-0.39, 0.29) is 5.69 Å². The third kappa shape index (κ3) is 1.78. The van der Waals surface area contributed by atoms with Crippen LogP contribution in [0.3, 0.4) is 0 Å². The average Bonchev–Trinajstić information content (AvgIpc) is 2.85. The molecule has 0 aliphatic heterocycles. The van der Waals surface area contributed by atoms with E-state index in [0.717, 1.165) is 5.39 Å². The molecule has 0 saturated carbocycles. The van der Waals surface area contributed by atoms with Gasteiger partial charge in [0.1, 0.15) is 6.07 Å². The average molecular weight is 264 g/mol. The Morgan fingerprint density at radius 2 is 1.85 bits per heavy atom. The lowest BCUT2D eigenvalue weighted by molar-refractivity contribution is -0.384. The van der Waals surface area contributed by atoms with Crippen molar-refractivity contribution in [1.29, 1.82) is 5.26 Å². The number of hydrogen-bond donors (Lipinski definition) is 0. The summed E-state index contributed by atoms with van der Waals surface area (Å²) >= 11 is 0. The van der Waals surface area contributed by atoms with E-state index in [0.29, 0.717) is 16.9 Å². The molecule has 0 atom stereocenters. The van der Waals surface area contributed by atoms with Crippen molar-refractivity contribution in [3.8, 4) is 11.8 Å². The number of nitro groups is 1. The van der Waals surface area contributed by atoms with Crippen LogP contribution >= 0.6 is 0 Å². The van der Waals surface area contributed by atoms with Crippen LogP contribution in [-0.2, 0) is 0 Å². The molecule has 6 nitrogen and oxygen atoms in total. The van der Waals surface area contributed by atoms with Crippen LogP contribution in [0.1, 0.15) is 5.69 Å². The first kappa shape index (κ1) is 11.9. The first-order valence-electron chi connectivity index (χ1n) is 5.83. The van der Waals surface area contributed by atoms with E-state index in [2.05, 4.69) is 11.2 Å². The second-order valence-corrected chi connectivity index (χ2v) is 4.16. The van der Waals surface area contributed by atoms with E-state index in [9.17, 15) is 15.4 Å². The van der Waals surface area contributed by atoms with E-state index < -0.39 is 4.92 Å². The van der Waals surface area contributed by atoms with E-state index >= 15 is 0 Å². The summed E-state index contributed by atoms with van der Waals surface area (Å²) in [4.78, 5) is 10.2. The maximum absolute atomic E-state index is 10.6. The Morgan fingerprint density at radius 3 is 2.50 bits per heavy atom. The molecule has 96 valence electrons. The Labute approximate surface area is 113 Å². The minimum absolute atomic E-state index is 0.00367. The number of non-ortho nitro benzene ring substituents is 1. The monoisotopic (exact) mass is 264 g/mol. The summed E-state index contributed by atoms with van der Waals surface area (Å²) < 4.78 is 1.49. The minimum Gasteiger partial charge on any atom is -0.258 e. The summed E-state index contributed by atoms with van der Waals surface area (Å²) in [6.45, 7) is 0. The van der Waals surface area contributed by atoms with E-state index in [4.69, 9.17) is 0 Å². The maximum Gasteiger partial charge on any atom is 0.269 e.